The van der Waals surface area contributed by atoms with E-state index in [0.717, 1.165) is 43.6 Å². The van der Waals surface area contributed by atoms with Crippen LogP contribution in [0.15, 0.2) is 54.7 Å². The molecule has 5 nitrogen and oxygen atoms in total. The van der Waals surface area contributed by atoms with Crippen LogP contribution in [0.4, 0.5) is 0 Å². The van der Waals surface area contributed by atoms with Crippen molar-refractivity contribution in [1.29, 1.82) is 5.26 Å². The SMILES string of the molecule is N#Cc1cccc(C2CCN(Cc3cn(CCC(N)=O)c4ccccc34)CC2)c1. The lowest BCUT2D eigenvalue weighted by Gasteiger charge is -2.32. The van der Waals surface area contributed by atoms with E-state index in [2.05, 4.69) is 46.0 Å². The average Bonchev–Trinajstić information content (AvgIpc) is 3.10. The molecule has 4 rings (SSSR count). The van der Waals surface area contributed by atoms with Crippen molar-refractivity contribution in [3.8, 4) is 6.07 Å². The molecule has 1 saturated heterocycles. The molecule has 0 saturated carbocycles. The van der Waals surface area contributed by atoms with Crippen LogP contribution in [0.2, 0.25) is 0 Å². The van der Waals surface area contributed by atoms with Crippen molar-refractivity contribution in [3.05, 3.63) is 71.4 Å². The molecule has 3 aromatic rings. The largest absolute Gasteiger partial charge is 0.370 e. The van der Waals surface area contributed by atoms with E-state index in [1.807, 2.05) is 24.3 Å². The maximum atomic E-state index is 11.2. The molecule has 0 bridgehead atoms. The predicted octanol–water partition coefficient (Wildman–Crippen LogP) is 3.77. The maximum absolute atomic E-state index is 11.2. The van der Waals surface area contributed by atoms with E-state index in [-0.39, 0.29) is 5.91 Å². The van der Waals surface area contributed by atoms with Gasteiger partial charge in [0, 0.05) is 36.6 Å². The van der Waals surface area contributed by atoms with Crippen molar-refractivity contribution in [2.75, 3.05) is 13.1 Å². The van der Waals surface area contributed by atoms with Gasteiger partial charge in [-0.25, -0.2) is 0 Å². The van der Waals surface area contributed by atoms with E-state index in [1.54, 1.807) is 0 Å². The van der Waals surface area contributed by atoms with Gasteiger partial charge in [-0.05, 0) is 61.2 Å². The molecule has 0 aliphatic carbocycles. The van der Waals surface area contributed by atoms with Crippen LogP contribution in [-0.4, -0.2) is 28.5 Å². The highest BCUT2D eigenvalue weighted by molar-refractivity contribution is 5.84. The summed E-state index contributed by atoms with van der Waals surface area (Å²) < 4.78 is 2.15. The first-order valence-corrected chi connectivity index (χ1v) is 10.2. The number of amides is 1. The van der Waals surface area contributed by atoms with Crippen LogP contribution in [-0.2, 0) is 17.9 Å². The maximum Gasteiger partial charge on any atom is 0.219 e. The Morgan fingerprint density at radius 2 is 1.93 bits per heavy atom. The molecule has 1 aliphatic rings. The van der Waals surface area contributed by atoms with Crippen LogP contribution < -0.4 is 5.73 Å². The first kappa shape index (κ1) is 19.2. The third-order valence-corrected chi connectivity index (χ3v) is 5.94. The van der Waals surface area contributed by atoms with Crippen molar-refractivity contribution < 1.29 is 4.79 Å². The molecule has 2 heterocycles. The highest BCUT2D eigenvalue weighted by Crippen LogP contribution is 2.30. The van der Waals surface area contributed by atoms with E-state index in [9.17, 15) is 4.79 Å². The van der Waals surface area contributed by atoms with Gasteiger partial charge in [-0.2, -0.15) is 5.26 Å². The molecule has 148 valence electrons. The van der Waals surface area contributed by atoms with Gasteiger partial charge in [-0.15, -0.1) is 0 Å². The Morgan fingerprint density at radius 3 is 2.69 bits per heavy atom. The van der Waals surface area contributed by atoms with Crippen molar-refractivity contribution in [1.82, 2.24) is 9.47 Å². The quantitative estimate of drug-likeness (QED) is 0.701. The molecular formula is C24H26N4O. The Balaban J connectivity index is 1.45. The number of hydrogen-bond acceptors (Lipinski definition) is 3. The van der Waals surface area contributed by atoms with Crippen molar-refractivity contribution >= 4 is 16.8 Å². The molecule has 29 heavy (non-hydrogen) atoms. The van der Waals surface area contributed by atoms with Gasteiger partial charge in [-0.1, -0.05) is 30.3 Å². The molecule has 0 spiro atoms. The van der Waals surface area contributed by atoms with E-state index < -0.39 is 0 Å². The zero-order chi connectivity index (χ0) is 20.2. The normalized spacial score (nSPS) is 15.4. The third kappa shape index (κ3) is 4.33. The number of carbonyl (C=O) groups excluding carboxylic acids is 1. The molecular weight excluding hydrogens is 360 g/mol. The molecule has 0 atom stereocenters. The highest BCUT2D eigenvalue weighted by Gasteiger charge is 2.22. The van der Waals surface area contributed by atoms with Crippen molar-refractivity contribution in [2.45, 2.75) is 38.3 Å². The van der Waals surface area contributed by atoms with E-state index in [4.69, 9.17) is 11.0 Å². The highest BCUT2D eigenvalue weighted by atomic mass is 16.1. The molecule has 1 aliphatic heterocycles. The zero-order valence-electron chi connectivity index (χ0n) is 16.6. The van der Waals surface area contributed by atoms with Crippen molar-refractivity contribution in [3.63, 3.8) is 0 Å². The number of hydrogen-bond donors (Lipinski definition) is 1. The van der Waals surface area contributed by atoms with Gasteiger partial charge in [-0.3, -0.25) is 9.69 Å². The number of fused-ring (bicyclic) bond motifs is 1. The fourth-order valence-corrected chi connectivity index (χ4v) is 4.39. The number of nitrogens with two attached hydrogens (primary N) is 1. The standard InChI is InChI=1S/C24H26N4O/c25-15-18-4-3-5-20(14-18)19-8-11-27(12-9-19)16-21-17-28(13-10-24(26)29)23-7-2-1-6-22(21)23/h1-7,14,17,19H,8-13,16H2,(H2,26,29). The molecule has 0 radical (unpaired) electrons. The molecule has 1 fully saturated rings. The summed E-state index contributed by atoms with van der Waals surface area (Å²) in [4.78, 5) is 13.7. The van der Waals surface area contributed by atoms with Crippen LogP contribution in [0.1, 0.15) is 41.9 Å². The van der Waals surface area contributed by atoms with Crippen LogP contribution in [0.25, 0.3) is 10.9 Å². The molecule has 2 N–H and O–H groups in total. The molecule has 1 amide bonds. The molecule has 2 aromatic carbocycles. The fourth-order valence-electron chi connectivity index (χ4n) is 4.39. The van der Waals surface area contributed by atoms with Gasteiger partial charge in [0.25, 0.3) is 0 Å². The second-order valence-electron chi connectivity index (χ2n) is 7.87. The summed E-state index contributed by atoms with van der Waals surface area (Å²) in [5, 5.41) is 10.4. The summed E-state index contributed by atoms with van der Waals surface area (Å²) in [5.74, 6) is 0.253. The van der Waals surface area contributed by atoms with Crippen LogP contribution in [0.3, 0.4) is 0 Å². The second kappa shape index (κ2) is 8.50. The van der Waals surface area contributed by atoms with Gasteiger partial charge < -0.3 is 10.3 Å². The first-order chi connectivity index (χ1) is 14.1. The van der Waals surface area contributed by atoms with Gasteiger partial charge in [0.05, 0.1) is 11.6 Å². The Hall–Kier alpha value is -3.10. The third-order valence-electron chi connectivity index (χ3n) is 5.94. The Labute approximate surface area is 171 Å². The lowest BCUT2D eigenvalue weighted by molar-refractivity contribution is -0.118. The van der Waals surface area contributed by atoms with Gasteiger partial charge >= 0.3 is 0 Å². The Bertz CT molecular complexity index is 1050. The molecule has 0 unspecified atom stereocenters. The first-order valence-electron chi connectivity index (χ1n) is 10.2. The minimum absolute atomic E-state index is 0.271. The number of aromatic nitrogens is 1. The summed E-state index contributed by atoms with van der Waals surface area (Å²) in [5.41, 5.74) is 9.83. The molecule has 1 aromatic heterocycles. The smallest absolute Gasteiger partial charge is 0.219 e. The predicted molar refractivity (Wildman–Crippen MR) is 114 cm³/mol. The van der Waals surface area contributed by atoms with Crippen LogP contribution >= 0.6 is 0 Å². The summed E-state index contributed by atoms with van der Waals surface area (Å²) in [6.07, 6.45) is 4.74. The Morgan fingerprint density at radius 1 is 1.14 bits per heavy atom. The number of primary amides is 1. The van der Waals surface area contributed by atoms with Gasteiger partial charge in [0.2, 0.25) is 5.91 Å². The minimum Gasteiger partial charge on any atom is -0.370 e. The number of aryl methyl sites for hydroxylation is 1. The monoisotopic (exact) mass is 386 g/mol. The number of carbonyl (C=O) groups is 1. The number of piperidine rings is 1. The van der Waals surface area contributed by atoms with Gasteiger partial charge in [0.15, 0.2) is 0 Å². The van der Waals surface area contributed by atoms with E-state index in [0.29, 0.717) is 18.9 Å². The summed E-state index contributed by atoms with van der Waals surface area (Å²) in [6.45, 7) is 3.62. The lowest BCUT2D eigenvalue weighted by atomic mass is 9.88. The van der Waals surface area contributed by atoms with Gasteiger partial charge in [0.1, 0.15) is 0 Å². The minimum atomic E-state index is -0.271. The summed E-state index contributed by atoms with van der Waals surface area (Å²) >= 11 is 0. The second-order valence-corrected chi connectivity index (χ2v) is 7.87. The zero-order valence-corrected chi connectivity index (χ0v) is 16.6. The topological polar surface area (TPSA) is 75.1 Å². The Kier molecular flexibility index (Phi) is 5.64. The lowest BCUT2D eigenvalue weighted by Crippen LogP contribution is -2.32. The van der Waals surface area contributed by atoms with Crippen molar-refractivity contribution in [2.24, 2.45) is 5.73 Å². The number of para-hydroxylation sites is 1. The van der Waals surface area contributed by atoms with Crippen LogP contribution in [0.5, 0.6) is 0 Å². The molecule has 5 heteroatoms. The number of nitriles is 1. The number of benzene rings is 2. The average molecular weight is 386 g/mol. The summed E-state index contributed by atoms with van der Waals surface area (Å²) in [6, 6.07) is 18.6. The number of likely N-dealkylation sites (tertiary alicyclic amines) is 1. The fraction of sp³-hybridized carbons (Fsp3) is 0.333. The number of rotatable bonds is 6. The summed E-state index contributed by atoms with van der Waals surface area (Å²) in [7, 11) is 0. The van der Waals surface area contributed by atoms with E-state index in [1.165, 1.54) is 16.5 Å². The number of nitrogens with zero attached hydrogens (tertiary/aromatic N) is 3. The van der Waals surface area contributed by atoms with E-state index >= 15 is 0 Å². The van der Waals surface area contributed by atoms with Crippen LogP contribution in [0, 0.1) is 11.3 Å².